The lowest BCUT2D eigenvalue weighted by Gasteiger charge is -2.12. The number of aryl methyl sites for hydroxylation is 1. The van der Waals surface area contributed by atoms with E-state index in [1.165, 1.54) is 19.2 Å². The molecule has 1 aliphatic carbocycles. The van der Waals surface area contributed by atoms with Gasteiger partial charge < -0.3 is 19.6 Å². The minimum Gasteiger partial charge on any atom is -0.443 e. The molecule has 1 unspecified atom stereocenters. The van der Waals surface area contributed by atoms with Crippen LogP contribution in [0.2, 0.25) is 0 Å². The third-order valence-electron chi connectivity index (χ3n) is 3.96. The molecule has 1 aromatic heterocycles. The molecule has 1 atom stereocenters. The predicted octanol–water partition coefficient (Wildman–Crippen LogP) is 2.17. The van der Waals surface area contributed by atoms with Gasteiger partial charge in [-0.25, -0.2) is 4.98 Å². The second-order valence-electron chi connectivity index (χ2n) is 6.24. The largest absolute Gasteiger partial charge is 0.443 e. The van der Waals surface area contributed by atoms with Gasteiger partial charge in [0.15, 0.2) is 17.8 Å². The first kappa shape index (κ1) is 16.7. The van der Waals surface area contributed by atoms with Crippen LogP contribution in [0.15, 0.2) is 35.1 Å². The van der Waals surface area contributed by atoms with Crippen LogP contribution in [0.1, 0.15) is 28.9 Å². The molecule has 6 heteroatoms. The summed E-state index contributed by atoms with van der Waals surface area (Å²) < 4.78 is 10.8. The van der Waals surface area contributed by atoms with Crippen LogP contribution < -0.4 is 5.32 Å². The normalized spacial score (nSPS) is 15.2. The summed E-state index contributed by atoms with van der Waals surface area (Å²) in [5, 5.41) is 12.5. The number of oxazole rings is 1. The highest BCUT2D eigenvalue weighted by Crippen LogP contribution is 2.28. The van der Waals surface area contributed by atoms with Crippen molar-refractivity contribution in [1.82, 2.24) is 10.3 Å². The van der Waals surface area contributed by atoms with Gasteiger partial charge in [0.2, 0.25) is 0 Å². The fraction of sp³-hybridized carbons (Fsp3) is 0.444. The third kappa shape index (κ3) is 4.43. The van der Waals surface area contributed by atoms with Gasteiger partial charge in [0.1, 0.15) is 0 Å². The molecule has 128 valence electrons. The maximum Gasteiger partial charge on any atom is 0.274 e. The van der Waals surface area contributed by atoms with Gasteiger partial charge in [0, 0.05) is 18.7 Å². The molecule has 1 aliphatic rings. The van der Waals surface area contributed by atoms with Gasteiger partial charge in [-0.05, 0) is 25.7 Å². The lowest BCUT2D eigenvalue weighted by atomic mass is 10.1. The zero-order chi connectivity index (χ0) is 16.9. The topological polar surface area (TPSA) is 84.6 Å². The Labute approximate surface area is 140 Å². The zero-order valence-corrected chi connectivity index (χ0v) is 13.7. The van der Waals surface area contributed by atoms with Crippen LogP contribution in [-0.4, -0.2) is 41.9 Å². The number of ether oxygens (including phenoxy) is 1. The van der Waals surface area contributed by atoms with Crippen LogP contribution in [0.3, 0.4) is 0 Å². The number of nitrogens with one attached hydrogen (secondary N) is 1. The summed E-state index contributed by atoms with van der Waals surface area (Å²) in [6.07, 6.45) is 2.93. The van der Waals surface area contributed by atoms with Crippen LogP contribution >= 0.6 is 0 Å². The fourth-order valence-electron chi connectivity index (χ4n) is 2.33. The molecule has 0 bridgehead atoms. The van der Waals surface area contributed by atoms with Crippen molar-refractivity contribution in [3.63, 3.8) is 0 Å². The maximum atomic E-state index is 12.3. The van der Waals surface area contributed by atoms with Crippen molar-refractivity contribution >= 4 is 5.91 Å². The molecular weight excluding hydrogens is 308 g/mol. The Bertz CT molecular complexity index is 677. The van der Waals surface area contributed by atoms with E-state index in [0.717, 1.165) is 11.1 Å². The van der Waals surface area contributed by atoms with Gasteiger partial charge in [-0.2, -0.15) is 0 Å². The minimum atomic E-state index is -0.734. The number of aliphatic hydroxyl groups is 1. The van der Waals surface area contributed by atoms with Gasteiger partial charge in [-0.15, -0.1) is 0 Å². The Morgan fingerprint density at radius 3 is 2.88 bits per heavy atom. The quantitative estimate of drug-likeness (QED) is 0.775. The van der Waals surface area contributed by atoms with Gasteiger partial charge in [-0.3, -0.25) is 4.79 Å². The van der Waals surface area contributed by atoms with E-state index in [2.05, 4.69) is 10.3 Å². The van der Waals surface area contributed by atoms with Crippen molar-refractivity contribution in [1.29, 1.82) is 0 Å². The lowest BCUT2D eigenvalue weighted by molar-refractivity contribution is 0.0320. The first-order valence-electron chi connectivity index (χ1n) is 8.18. The predicted molar refractivity (Wildman–Crippen MR) is 88.6 cm³/mol. The number of hydrogen-bond donors (Lipinski definition) is 2. The van der Waals surface area contributed by atoms with Crippen molar-refractivity contribution in [3.05, 3.63) is 41.9 Å². The Hall–Kier alpha value is -2.18. The monoisotopic (exact) mass is 330 g/mol. The smallest absolute Gasteiger partial charge is 0.274 e. The number of carbonyl (C=O) groups is 1. The van der Waals surface area contributed by atoms with Crippen molar-refractivity contribution < 1.29 is 19.1 Å². The highest BCUT2D eigenvalue weighted by atomic mass is 16.5. The van der Waals surface area contributed by atoms with E-state index in [1.54, 1.807) is 0 Å². The number of aliphatic hydroxyl groups excluding tert-OH is 1. The Morgan fingerprint density at radius 1 is 1.42 bits per heavy atom. The van der Waals surface area contributed by atoms with Crippen molar-refractivity contribution in [2.24, 2.45) is 5.92 Å². The molecule has 24 heavy (non-hydrogen) atoms. The Balaban J connectivity index is 1.53. The summed E-state index contributed by atoms with van der Waals surface area (Å²) in [4.78, 5) is 16.3. The van der Waals surface area contributed by atoms with Crippen LogP contribution in [0.5, 0.6) is 0 Å². The molecular formula is C18H22N2O4. The van der Waals surface area contributed by atoms with E-state index in [9.17, 15) is 9.90 Å². The average Bonchev–Trinajstić information content (AvgIpc) is 3.27. The molecule has 2 N–H and O–H groups in total. The standard InChI is InChI=1S/C18H22N2O4/c1-12-2-6-14(7-3-12)17-16(20-11-24-17)18(22)19-8-15(21)10-23-9-13-4-5-13/h2-3,6-7,11,13,15,21H,4-5,8-10H2,1H3,(H,19,22). The zero-order valence-electron chi connectivity index (χ0n) is 13.7. The number of nitrogens with zero attached hydrogens (tertiary/aromatic N) is 1. The third-order valence-corrected chi connectivity index (χ3v) is 3.96. The number of hydrogen-bond acceptors (Lipinski definition) is 5. The highest BCUT2D eigenvalue weighted by Gasteiger charge is 2.22. The minimum absolute atomic E-state index is 0.115. The maximum absolute atomic E-state index is 12.3. The SMILES string of the molecule is Cc1ccc(-c2ocnc2C(=O)NCC(O)COCC2CC2)cc1. The summed E-state index contributed by atoms with van der Waals surface area (Å²) in [5.41, 5.74) is 2.13. The van der Waals surface area contributed by atoms with Crippen LogP contribution in [0, 0.1) is 12.8 Å². The number of rotatable bonds is 8. The van der Waals surface area contributed by atoms with E-state index < -0.39 is 6.10 Å². The molecule has 3 rings (SSSR count). The van der Waals surface area contributed by atoms with Crippen molar-refractivity contribution in [3.8, 4) is 11.3 Å². The van der Waals surface area contributed by atoms with Gasteiger partial charge in [0.25, 0.3) is 5.91 Å². The van der Waals surface area contributed by atoms with Crippen molar-refractivity contribution in [2.75, 3.05) is 19.8 Å². The second-order valence-corrected chi connectivity index (χ2v) is 6.24. The molecule has 0 spiro atoms. The molecule has 0 aliphatic heterocycles. The molecule has 1 fully saturated rings. The number of amides is 1. The average molecular weight is 330 g/mol. The van der Waals surface area contributed by atoms with Gasteiger partial charge in [0.05, 0.1) is 12.7 Å². The summed E-state index contributed by atoms with van der Waals surface area (Å²) in [7, 11) is 0. The number of aromatic nitrogens is 1. The fourth-order valence-corrected chi connectivity index (χ4v) is 2.33. The molecule has 6 nitrogen and oxygen atoms in total. The first-order valence-corrected chi connectivity index (χ1v) is 8.18. The summed E-state index contributed by atoms with van der Waals surface area (Å²) in [6, 6.07) is 7.65. The highest BCUT2D eigenvalue weighted by molar-refractivity contribution is 5.97. The lowest BCUT2D eigenvalue weighted by Crippen LogP contribution is -2.35. The molecule has 1 heterocycles. The Kier molecular flexibility index (Phi) is 5.27. The first-order chi connectivity index (χ1) is 11.6. The summed E-state index contributed by atoms with van der Waals surface area (Å²) in [6.45, 7) is 3.01. The molecule has 1 amide bonds. The van der Waals surface area contributed by atoms with E-state index in [1.807, 2.05) is 31.2 Å². The second kappa shape index (κ2) is 7.59. The Morgan fingerprint density at radius 2 is 2.17 bits per heavy atom. The van der Waals surface area contributed by atoms with Crippen LogP contribution in [0.25, 0.3) is 11.3 Å². The molecule has 2 aromatic rings. The molecule has 0 saturated heterocycles. The van der Waals surface area contributed by atoms with Crippen molar-refractivity contribution in [2.45, 2.75) is 25.9 Å². The summed E-state index contributed by atoms with van der Waals surface area (Å²) in [5.74, 6) is 0.700. The van der Waals surface area contributed by atoms with Crippen LogP contribution in [-0.2, 0) is 4.74 Å². The molecule has 0 radical (unpaired) electrons. The van der Waals surface area contributed by atoms with Gasteiger partial charge in [-0.1, -0.05) is 29.8 Å². The molecule has 1 aromatic carbocycles. The molecule has 1 saturated carbocycles. The van der Waals surface area contributed by atoms with E-state index >= 15 is 0 Å². The van der Waals surface area contributed by atoms with E-state index in [4.69, 9.17) is 9.15 Å². The number of carbonyl (C=O) groups excluding carboxylic acids is 1. The van der Waals surface area contributed by atoms with Gasteiger partial charge >= 0.3 is 0 Å². The summed E-state index contributed by atoms with van der Waals surface area (Å²) >= 11 is 0. The number of benzene rings is 1. The van der Waals surface area contributed by atoms with E-state index in [0.29, 0.717) is 18.3 Å². The van der Waals surface area contributed by atoms with Crippen LogP contribution in [0.4, 0.5) is 0 Å². The van der Waals surface area contributed by atoms with E-state index in [-0.39, 0.29) is 24.8 Å².